The van der Waals surface area contributed by atoms with E-state index in [9.17, 15) is 24.3 Å². The molecule has 3 N–H and O–H groups in total. The minimum Gasteiger partial charge on any atom is -0.444 e. The molecular weight excluding hydrogens is 428 g/mol. The van der Waals surface area contributed by atoms with Crippen LogP contribution < -0.4 is 10.6 Å². The molecule has 10 heteroatoms. The number of imide groups is 1. The van der Waals surface area contributed by atoms with E-state index in [1.165, 1.54) is 0 Å². The number of hydrogen-bond donors (Lipinski definition) is 3. The molecule has 0 saturated carbocycles. The molecule has 10 nitrogen and oxygen atoms in total. The highest BCUT2D eigenvalue weighted by Gasteiger charge is 2.45. The highest BCUT2D eigenvalue weighted by molar-refractivity contribution is 6.08. The number of likely N-dealkylation sites (tertiary alicyclic amines) is 1. The summed E-state index contributed by atoms with van der Waals surface area (Å²) < 4.78 is 5.48. The lowest BCUT2D eigenvalue weighted by Gasteiger charge is -2.35. The van der Waals surface area contributed by atoms with Crippen molar-refractivity contribution in [1.29, 1.82) is 0 Å². The molecule has 33 heavy (non-hydrogen) atoms. The van der Waals surface area contributed by atoms with Crippen LogP contribution in [0.25, 0.3) is 0 Å². The molecule has 4 rings (SSSR count). The number of rotatable bonds is 3. The zero-order valence-electron chi connectivity index (χ0n) is 19.1. The van der Waals surface area contributed by atoms with Crippen molar-refractivity contribution in [1.82, 2.24) is 15.1 Å². The number of ether oxygens (including phenoxy) is 1. The van der Waals surface area contributed by atoms with Crippen molar-refractivity contribution in [2.45, 2.75) is 70.4 Å². The van der Waals surface area contributed by atoms with E-state index >= 15 is 0 Å². The topological polar surface area (TPSA) is 128 Å². The van der Waals surface area contributed by atoms with Crippen molar-refractivity contribution in [3.63, 3.8) is 0 Å². The molecule has 3 unspecified atom stereocenters. The highest BCUT2D eigenvalue weighted by Crippen LogP contribution is 2.39. The number of amides is 4. The van der Waals surface area contributed by atoms with Crippen LogP contribution in [0.1, 0.15) is 68.6 Å². The van der Waals surface area contributed by atoms with Gasteiger partial charge in [0.1, 0.15) is 11.6 Å². The average Bonchev–Trinajstić information content (AvgIpc) is 2.98. The van der Waals surface area contributed by atoms with Gasteiger partial charge in [0.25, 0.3) is 5.91 Å². The van der Waals surface area contributed by atoms with Crippen LogP contribution in [0, 0.1) is 0 Å². The summed E-state index contributed by atoms with van der Waals surface area (Å²) in [5.41, 5.74) is 0.681. The van der Waals surface area contributed by atoms with E-state index in [2.05, 4.69) is 10.6 Å². The number of fused-ring (bicyclic) bond motifs is 1. The van der Waals surface area contributed by atoms with Gasteiger partial charge in [-0.2, -0.15) is 0 Å². The Labute approximate surface area is 192 Å². The van der Waals surface area contributed by atoms with Gasteiger partial charge in [0, 0.05) is 36.8 Å². The van der Waals surface area contributed by atoms with Crippen LogP contribution in [0.15, 0.2) is 18.2 Å². The van der Waals surface area contributed by atoms with Gasteiger partial charge in [0.2, 0.25) is 11.8 Å². The summed E-state index contributed by atoms with van der Waals surface area (Å²) in [6.07, 6.45) is 0.210. The van der Waals surface area contributed by atoms with Crippen LogP contribution in [-0.4, -0.2) is 69.5 Å². The summed E-state index contributed by atoms with van der Waals surface area (Å²) >= 11 is 0. The molecule has 1 aromatic rings. The van der Waals surface area contributed by atoms with Gasteiger partial charge in [-0.1, -0.05) is 12.1 Å². The molecule has 3 aliphatic heterocycles. The fourth-order valence-corrected chi connectivity index (χ4v) is 4.60. The Hall–Kier alpha value is -3.14. The Balaban J connectivity index is 1.51. The third-order valence-corrected chi connectivity index (χ3v) is 6.07. The second kappa shape index (κ2) is 8.66. The molecule has 3 heterocycles. The van der Waals surface area contributed by atoms with Crippen molar-refractivity contribution in [3.05, 3.63) is 29.3 Å². The number of hydrogen-bond acceptors (Lipinski definition) is 7. The van der Waals surface area contributed by atoms with E-state index in [4.69, 9.17) is 4.74 Å². The molecule has 2 fully saturated rings. The molecule has 3 atom stereocenters. The van der Waals surface area contributed by atoms with Gasteiger partial charge in [-0.05, 0) is 46.1 Å². The van der Waals surface area contributed by atoms with E-state index in [0.717, 1.165) is 17.7 Å². The summed E-state index contributed by atoms with van der Waals surface area (Å²) in [4.78, 5) is 52.4. The van der Waals surface area contributed by atoms with Crippen LogP contribution in [0.5, 0.6) is 0 Å². The molecular formula is C23H30N4O6. The van der Waals surface area contributed by atoms with Gasteiger partial charge >= 0.3 is 6.09 Å². The zero-order chi connectivity index (χ0) is 23.9. The molecule has 0 aliphatic carbocycles. The van der Waals surface area contributed by atoms with Crippen molar-refractivity contribution in [2.75, 3.05) is 18.4 Å². The van der Waals surface area contributed by atoms with Gasteiger partial charge < -0.3 is 20.1 Å². The zero-order valence-corrected chi connectivity index (χ0v) is 19.1. The number of nitrogens with one attached hydrogen (secondary N) is 2. The molecule has 0 bridgehead atoms. The smallest absolute Gasteiger partial charge is 0.410 e. The van der Waals surface area contributed by atoms with Crippen LogP contribution in [0.2, 0.25) is 0 Å². The summed E-state index contributed by atoms with van der Waals surface area (Å²) in [7, 11) is 0. The number of piperidine rings is 2. The molecule has 0 aromatic heterocycles. The minimum absolute atomic E-state index is 0.104. The average molecular weight is 459 g/mol. The fraction of sp³-hybridized carbons (Fsp3) is 0.565. The molecule has 3 aliphatic rings. The molecule has 178 valence electrons. The molecule has 2 saturated heterocycles. The van der Waals surface area contributed by atoms with Gasteiger partial charge in [-0.3, -0.25) is 24.6 Å². The first kappa shape index (κ1) is 23.0. The third kappa shape index (κ3) is 4.66. The fourth-order valence-electron chi connectivity index (χ4n) is 4.60. The lowest BCUT2D eigenvalue weighted by Crippen LogP contribution is -2.53. The first-order chi connectivity index (χ1) is 15.5. The predicted molar refractivity (Wildman–Crippen MR) is 118 cm³/mol. The number of aliphatic hydroxyl groups excluding tert-OH is 1. The Morgan fingerprint density at radius 2 is 1.97 bits per heavy atom. The Kier molecular flexibility index (Phi) is 6.04. The normalized spacial score (nSPS) is 25.6. The van der Waals surface area contributed by atoms with Crippen molar-refractivity contribution >= 4 is 29.5 Å². The maximum absolute atomic E-state index is 13.3. The Bertz CT molecular complexity index is 988. The number of aliphatic hydroxyl groups is 1. The predicted octanol–water partition coefficient (Wildman–Crippen LogP) is 1.75. The number of carbonyl (C=O) groups excluding carboxylic acids is 4. The standard InChI is InChI=1S/C23H30N4O6/c1-23(2,3)33-22(32)26-11-5-6-13(12-26)24-15-8-4-7-14-18(15)21(31)27(20(14)30)16-9-10-17(28)25-19(16)29/h4,7-8,13,16,20,24,30H,5-6,9-12H2,1-3H3,(H,25,28,29). The van der Waals surface area contributed by atoms with Crippen LogP contribution in [0.3, 0.4) is 0 Å². The third-order valence-electron chi connectivity index (χ3n) is 6.07. The summed E-state index contributed by atoms with van der Waals surface area (Å²) in [5, 5.41) is 16.4. The second-order valence-electron chi connectivity index (χ2n) is 9.73. The first-order valence-electron chi connectivity index (χ1n) is 11.3. The molecule has 0 spiro atoms. The second-order valence-corrected chi connectivity index (χ2v) is 9.73. The lowest BCUT2D eigenvalue weighted by atomic mass is 10.0. The maximum Gasteiger partial charge on any atom is 0.410 e. The SMILES string of the molecule is CC(C)(C)OC(=O)N1CCCC(Nc2cccc3c2C(=O)N(C2CCC(=O)NC2=O)C3O)C1. The van der Waals surface area contributed by atoms with Crippen LogP contribution in [-0.2, 0) is 14.3 Å². The van der Waals surface area contributed by atoms with Gasteiger partial charge in [-0.15, -0.1) is 0 Å². The number of benzene rings is 1. The number of carbonyl (C=O) groups is 4. The van der Waals surface area contributed by atoms with E-state index in [1.54, 1.807) is 23.1 Å². The summed E-state index contributed by atoms with van der Waals surface area (Å²) in [6.45, 7) is 6.49. The Morgan fingerprint density at radius 1 is 1.21 bits per heavy atom. The first-order valence-corrected chi connectivity index (χ1v) is 11.3. The van der Waals surface area contributed by atoms with Gasteiger partial charge in [0.05, 0.1) is 5.56 Å². The van der Waals surface area contributed by atoms with E-state index < -0.39 is 29.7 Å². The van der Waals surface area contributed by atoms with Gasteiger partial charge in [-0.25, -0.2) is 4.79 Å². The van der Waals surface area contributed by atoms with Crippen LogP contribution >= 0.6 is 0 Å². The largest absolute Gasteiger partial charge is 0.444 e. The number of nitrogens with zero attached hydrogens (tertiary/aromatic N) is 2. The summed E-state index contributed by atoms with van der Waals surface area (Å²) in [5.74, 6) is -1.43. The maximum atomic E-state index is 13.3. The van der Waals surface area contributed by atoms with E-state index in [-0.39, 0.29) is 30.9 Å². The molecule has 0 radical (unpaired) electrons. The van der Waals surface area contributed by atoms with Crippen molar-refractivity contribution in [3.8, 4) is 0 Å². The van der Waals surface area contributed by atoms with E-state index in [1.807, 2.05) is 20.8 Å². The monoisotopic (exact) mass is 458 g/mol. The van der Waals surface area contributed by atoms with Gasteiger partial charge in [0.15, 0.2) is 6.23 Å². The molecule has 4 amide bonds. The minimum atomic E-state index is -1.28. The highest BCUT2D eigenvalue weighted by atomic mass is 16.6. The lowest BCUT2D eigenvalue weighted by molar-refractivity contribution is -0.139. The van der Waals surface area contributed by atoms with Crippen molar-refractivity contribution < 1.29 is 29.0 Å². The number of anilines is 1. The summed E-state index contributed by atoms with van der Waals surface area (Å²) in [6, 6.07) is 4.13. The quantitative estimate of drug-likeness (QED) is 0.589. The molecule has 1 aromatic carbocycles. The Morgan fingerprint density at radius 3 is 2.67 bits per heavy atom. The van der Waals surface area contributed by atoms with Crippen LogP contribution in [0.4, 0.5) is 10.5 Å². The van der Waals surface area contributed by atoms with Crippen molar-refractivity contribution in [2.24, 2.45) is 0 Å². The van der Waals surface area contributed by atoms with E-state index in [0.29, 0.717) is 29.9 Å².